The van der Waals surface area contributed by atoms with Crippen molar-refractivity contribution in [2.24, 2.45) is 0 Å². The predicted octanol–water partition coefficient (Wildman–Crippen LogP) is 6.03. The van der Waals surface area contributed by atoms with Gasteiger partial charge in [0.2, 0.25) is 0 Å². The Hall–Kier alpha value is -1.18. The summed E-state index contributed by atoms with van der Waals surface area (Å²) in [6, 6.07) is 8.31. The molecule has 0 amide bonds. The van der Waals surface area contributed by atoms with Gasteiger partial charge in [-0.05, 0) is 37.1 Å². The van der Waals surface area contributed by atoms with Gasteiger partial charge in [0.1, 0.15) is 5.75 Å². The molecule has 0 fully saturated rings. The highest BCUT2D eigenvalue weighted by Gasteiger charge is 1.95. The highest BCUT2D eigenvalue weighted by molar-refractivity contribution is 5.46. The molecule has 1 aromatic rings. The monoisotopic (exact) mass is 291 g/mol. The van der Waals surface area contributed by atoms with Gasteiger partial charge in [-0.3, -0.25) is 0 Å². The van der Waals surface area contributed by atoms with Crippen molar-refractivity contribution in [2.45, 2.75) is 71.6 Å². The maximum atomic E-state index is 5.58. The Bertz CT molecular complexity index is 334. The minimum atomic E-state index is 0.797. The largest absolute Gasteiger partial charge is 0.494 e. The second kappa shape index (κ2) is 12.6. The maximum Gasteiger partial charge on any atom is 0.119 e. The Morgan fingerprint density at radius 3 is 2.00 bits per heavy atom. The van der Waals surface area contributed by atoms with E-state index in [0.717, 1.165) is 25.3 Å². The van der Waals surface area contributed by atoms with Crippen LogP contribution in [0.1, 0.15) is 71.6 Å². The molecule has 2 nitrogen and oxygen atoms in total. The van der Waals surface area contributed by atoms with E-state index in [4.69, 9.17) is 4.74 Å². The van der Waals surface area contributed by atoms with E-state index in [0.29, 0.717) is 0 Å². The van der Waals surface area contributed by atoms with Crippen LogP contribution in [0, 0.1) is 0 Å². The maximum absolute atomic E-state index is 5.58. The number of anilines is 1. The number of benzene rings is 1. The van der Waals surface area contributed by atoms with Crippen LogP contribution in [0.3, 0.4) is 0 Å². The average Bonchev–Trinajstić information content (AvgIpc) is 2.52. The summed E-state index contributed by atoms with van der Waals surface area (Å²) < 4.78 is 5.58. The summed E-state index contributed by atoms with van der Waals surface area (Å²) in [5, 5.41) is 3.48. The fraction of sp³-hybridized carbons (Fsp3) is 0.684. The summed E-state index contributed by atoms with van der Waals surface area (Å²) in [6.07, 6.45) is 12.0. The van der Waals surface area contributed by atoms with Gasteiger partial charge in [-0.15, -0.1) is 0 Å². The number of ether oxygens (including phenoxy) is 1. The first-order valence-corrected chi connectivity index (χ1v) is 8.83. The van der Waals surface area contributed by atoms with Gasteiger partial charge < -0.3 is 10.1 Å². The van der Waals surface area contributed by atoms with Crippen molar-refractivity contribution in [2.75, 3.05) is 18.5 Å². The van der Waals surface area contributed by atoms with Gasteiger partial charge in [-0.25, -0.2) is 0 Å². The minimum absolute atomic E-state index is 0.797. The van der Waals surface area contributed by atoms with Crippen LogP contribution in [0.5, 0.6) is 5.75 Å². The lowest BCUT2D eigenvalue weighted by Crippen LogP contribution is -2.01. The molecule has 0 aliphatic rings. The van der Waals surface area contributed by atoms with E-state index < -0.39 is 0 Å². The van der Waals surface area contributed by atoms with Gasteiger partial charge in [-0.1, -0.05) is 58.8 Å². The zero-order chi connectivity index (χ0) is 15.2. The van der Waals surface area contributed by atoms with Crippen molar-refractivity contribution in [1.82, 2.24) is 0 Å². The van der Waals surface area contributed by atoms with E-state index >= 15 is 0 Å². The van der Waals surface area contributed by atoms with Crippen LogP contribution in [0.4, 0.5) is 5.69 Å². The Kier molecular flexibility index (Phi) is 10.7. The Balaban J connectivity index is 1.99. The van der Waals surface area contributed by atoms with E-state index in [9.17, 15) is 0 Å². The zero-order valence-corrected chi connectivity index (χ0v) is 14.0. The molecule has 120 valence electrons. The molecule has 2 heteroatoms. The number of rotatable bonds is 13. The summed E-state index contributed by atoms with van der Waals surface area (Å²) in [6.45, 7) is 6.27. The molecular weight excluding hydrogens is 258 g/mol. The molecule has 0 saturated carbocycles. The lowest BCUT2D eigenvalue weighted by Gasteiger charge is -2.08. The third kappa shape index (κ3) is 9.38. The highest BCUT2D eigenvalue weighted by atomic mass is 16.5. The summed E-state index contributed by atoms with van der Waals surface area (Å²) in [5.41, 5.74) is 1.20. The van der Waals surface area contributed by atoms with Gasteiger partial charge in [0.05, 0.1) is 6.61 Å². The normalized spacial score (nSPS) is 10.6. The van der Waals surface area contributed by atoms with E-state index in [2.05, 4.69) is 31.3 Å². The Morgan fingerprint density at radius 2 is 1.38 bits per heavy atom. The van der Waals surface area contributed by atoms with Gasteiger partial charge in [0, 0.05) is 12.2 Å². The van der Waals surface area contributed by atoms with Crippen molar-refractivity contribution < 1.29 is 4.74 Å². The lowest BCUT2D eigenvalue weighted by molar-refractivity contribution is 0.317. The van der Waals surface area contributed by atoms with E-state index in [1.807, 2.05) is 12.1 Å². The van der Waals surface area contributed by atoms with E-state index in [1.54, 1.807) is 0 Å². The molecule has 0 aliphatic heterocycles. The molecule has 0 spiro atoms. The van der Waals surface area contributed by atoms with Crippen molar-refractivity contribution in [1.29, 1.82) is 0 Å². The van der Waals surface area contributed by atoms with Crippen LogP contribution in [-0.2, 0) is 0 Å². The molecule has 1 N–H and O–H groups in total. The van der Waals surface area contributed by atoms with Crippen molar-refractivity contribution in [3.05, 3.63) is 24.3 Å². The molecule has 0 unspecified atom stereocenters. The van der Waals surface area contributed by atoms with Crippen LogP contribution in [-0.4, -0.2) is 13.2 Å². The molecular formula is C19H33NO. The molecule has 0 aliphatic carbocycles. The highest BCUT2D eigenvalue weighted by Crippen LogP contribution is 2.16. The summed E-state index contributed by atoms with van der Waals surface area (Å²) in [5.74, 6) is 0.967. The molecule has 1 aromatic carbocycles. The molecule has 0 atom stereocenters. The predicted molar refractivity (Wildman–Crippen MR) is 93.3 cm³/mol. The fourth-order valence-corrected chi connectivity index (χ4v) is 2.38. The number of unbranched alkanes of at least 4 members (excludes halogenated alkanes) is 7. The van der Waals surface area contributed by atoms with Gasteiger partial charge in [0.15, 0.2) is 0 Å². The Morgan fingerprint density at radius 1 is 0.762 bits per heavy atom. The summed E-state index contributed by atoms with van der Waals surface area (Å²) in [7, 11) is 0. The van der Waals surface area contributed by atoms with Gasteiger partial charge in [-0.2, -0.15) is 0 Å². The second-order valence-corrected chi connectivity index (χ2v) is 5.77. The van der Waals surface area contributed by atoms with E-state index in [-0.39, 0.29) is 0 Å². The third-order valence-electron chi connectivity index (χ3n) is 3.69. The quantitative estimate of drug-likeness (QED) is 0.448. The van der Waals surface area contributed by atoms with Gasteiger partial charge in [0.25, 0.3) is 0 Å². The molecule has 0 saturated heterocycles. The van der Waals surface area contributed by atoms with Crippen LogP contribution >= 0.6 is 0 Å². The molecule has 0 heterocycles. The minimum Gasteiger partial charge on any atom is -0.494 e. The van der Waals surface area contributed by atoms with Crippen molar-refractivity contribution in [3.8, 4) is 5.75 Å². The van der Waals surface area contributed by atoms with Crippen LogP contribution in [0.25, 0.3) is 0 Å². The van der Waals surface area contributed by atoms with Gasteiger partial charge >= 0.3 is 0 Å². The smallest absolute Gasteiger partial charge is 0.119 e. The Labute approximate surface area is 131 Å². The molecule has 1 rings (SSSR count). The first kappa shape index (κ1) is 17.9. The number of hydrogen-bond acceptors (Lipinski definition) is 2. The van der Waals surface area contributed by atoms with Crippen LogP contribution in [0.15, 0.2) is 24.3 Å². The third-order valence-corrected chi connectivity index (χ3v) is 3.69. The molecule has 21 heavy (non-hydrogen) atoms. The van der Waals surface area contributed by atoms with Crippen molar-refractivity contribution >= 4 is 5.69 Å². The fourth-order valence-electron chi connectivity index (χ4n) is 2.38. The first-order valence-electron chi connectivity index (χ1n) is 8.83. The lowest BCUT2D eigenvalue weighted by atomic mass is 10.1. The molecule has 0 radical (unpaired) electrons. The average molecular weight is 291 g/mol. The first-order chi connectivity index (χ1) is 10.4. The topological polar surface area (TPSA) is 21.3 Å². The summed E-state index contributed by atoms with van der Waals surface area (Å²) >= 11 is 0. The standard InChI is InChI=1S/C19H33NO/c1-3-5-6-7-8-9-10-11-16-20-18-12-14-19(15-13-18)21-17-4-2/h12-15,20H,3-11,16-17H2,1-2H3. The van der Waals surface area contributed by atoms with E-state index in [1.165, 1.54) is 57.1 Å². The number of nitrogens with one attached hydrogen (secondary N) is 1. The van der Waals surface area contributed by atoms with Crippen LogP contribution < -0.4 is 10.1 Å². The van der Waals surface area contributed by atoms with Crippen LogP contribution in [0.2, 0.25) is 0 Å². The summed E-state index contributed by atoms with van der Waals surface area (Å²) in [4.78, 5) is 0. The zero-order valence-electron chi connectivity index (χ0n) is 14.0. The number of hydrogen-bond donors (Lipinski definition) is 1. The SMILES string of the molecule is CCCCCCCCCCNc1ccc(OCCC)cc1. The molecule has 0 bridgehead atoms. The van der Waals surface area contributed by atoms with Crippen molar-refractivity contribution in [3.63, 3.8) is 0 Å². The molecule has 0 aromatic heterocycles. The second-order valence-electron chi connectivity index (χ2n) is 5.77.